The quantitative estimate of drug-likeness (QED) is 0.226. The number of fused-ring (bicyclic) bond motifs is 2. The van der Waals surface area contributed by atoms with Crippen molar-refractivity contribution in [1.29, 1.82) is 0 Å². The summed E-state index contributed by atoms with van der Waals surface area (Å²) in [5.74, 6) is -1.74. The molecule has 1 saturated heterocycles. The summed E-state index contributed by atoms with van der Waals surface area (Å²) in [5, 5.41) is 10.2. The largest absolute Gasteiger partial charge is 0.478 e. The zero-order chi connectivity index (χ0) is 31.2. The lowest BCUT2D eigenvalue weighted by atomic mass is 10.1. The monoisotopic (exact) mass is 635 g/mol. The van der Waals surface area contributed by atoms with Gasteiger partial charge < -0.3 is 28.5 Å². The molecule has 230 valence electrons. The molecule has 14 heteroatoms. The van der Waals surface area contributed by atoms with Gasteiger partial charge >= 0.3 is 5.97 Å². The van der Waals surface area contributed by atoms with Crippen molar-refractivity contribution < 1.29 is 37.4 Å². The van der Waals surface area contributed by atoms with Crippen LogP contribution in [0.3, 0.4) is 0 Å². The molecule has 7 rings (SSSR count). The van der Waals surface area contributed by atoms with Gasteiger partial charge in [-0.15, -0.1) is 0 Å². The van der Waals surface area contributed by atoms with E-state index in [0.717, 1.165) is 18.7 Å². The second-order valence-corrected chi connectivity index (χ2v) is 11.2. The van der Waals surface area contributed by atoms with E-state index in [-0.39, 0.29) is 48.0 Å². The summed E-state index contributed by atoms with van der Waals surface area (Å²) in [6, 6.07) is 8.24. The van der Waals surface area contributed by atoms with E-state index < -0.39 is 17.8 Å². The fraction of sp³-hybridized carbons (Fsp3) is 0.258. The number of carboxylic acid groups (broad SMARTS) is 1. The number of rotatable bonds is 9. The predicted octanol–water partition coefficient (Wildman–Crippen LogP) is 5.39. The molecule has 0 bridgehead atoms. The predicted molar refractivity (Wildman–Crippen MR) is 157 cm³/mol. The van der Waals surface area contributed by atoms with Crippen LogP contribution in [0.4, 0.5) is 8.78 Å². The number of carboxylic acids is 1. The normalized spacial score (nSPS) is 16.7. The topological polar surface area (TPSA) is 133 Å². The first-order chi connectivity index (χ1) is 21.7. The Hall–Kier alpha value is -4.88. The Bertz CT molecular complexity index is 2020. The van der Waals surface area contributed by atoms with Crippen molar-refractivity contribution in [2.24, 2.45) is 0 Å². The maximum absolute atomic E-state index is 14.6. The fourth-order valence-electron chi connectivity index (χ4n) is 5.43. The maximum atomic E-state index is 14.6. The van der Waals surface area contributed by atoms with E-state index in [1.165, 1.54) is 12.1 Å². The SMILES string of the molecule is O=C(O)c1ccc2nc(CN3CCC(c4ncc(F)c(OCc5ccc(Cl)c6cc(F)oc56)n4)=CC3=O)n(C[C@@H]3CCO3)c2c1. The molecule has 3 aromatic heterocycles. The molecule has 1 amide bonds. The van der Waals surface area contributed by atoms with Crippen molar-refractivity contribution in [2.75, 3.05) is 13.2 Å². The van der Waals surface area contributed by atoms with Crippen molar-refractivity contribution in [3.8, 4) is 5.88 Å². The van der Waals surface area contributed by atoms with Crippen LogP contribution in [0.2, 0.25) is 5.02 Å². The number of hydrogen-bond acceptors (Lipinski definition) is 8. The van der Waals surface area contributed by atoms with Crippen LogP contribution in [0.1, 0.15) is 40.4 Å². The third kappa shape index (κ3) is 5.60. The average Bonchev–Trinajstić information content (AvgIpc) is 3.56. The van der Waals surface area contributed by atoms with Gasteiger partial charge in [-0.3, -0.25) is 4.79 Å². The number of furan rings is 1. The Balaban J connectivity index is 1.10. The highest BCUT2D eigenvalue weighted by Crippen LogP contribution is 2.31. The number of aromatic nitrogens is 4. The first-order valence-electron chi connectivity index (χ1n) is 14.1. The summed E-state index contributed by atoms with van der Waals surface area (Å²) in [7, 11) is 0. The van der Waals surface area contributed by atoms with E-state index in [4.69, 9.17) is 30.5 Å². The Morgan fingerprint density at radius 2 is 2.02 bits per heavy atom. The Morgan fingerprint density at radius 1 is 1.18 bits per heavy atom. The van der Waals surface area contributed by atoms with Crippen LogP contribution >= 0.6 is 11.6 Å². The molecule has 5 aromatic rings. The van der Waals surface area contributed by atoms with Crippen LogP contribution < -0.4 is 4.74 Å². The minimum Gasteiger partial charge on any atom is -0.478 e. The molecule has 0 aliphatic carbocycles. The van der Waals surface area contributed by atoms with E-state index in [1.54, 1.807) is 29.2 Å². The van der Waals surface area contributed by atoms with E-state index in [0.29, 0.717) is 64.5 Å². The number of hydrogen-bond donors (Lipinski definition) is 1. The number of carbonyl (C=O) groups is 2. The first-order valence-corrected chi connectivity index (χ1v) is 14.5. The number of nitrogens with zero attached hydrogens (tertiary/aromatic N) is 5. The van der Waals surface area contributed by atoms with Crippen LogP contribution in [0, 0.1) is 11.8 Å². The van der Waals surface area contributed by atoms with Gasteiger partial charge in [-0.2, -0.15) is 13.8 Å². The molecule has 0 spiro atoms. The number of benzene rings is 2. The summed E-state index contributed by atoms with van der Waals surface area (Å²) < 4.78 is 46.6. The van der Waals surface area contributed by atoms with Gasteiger partial charge in [0.1, 0.15) is 18.0 Å². The summed E-state index contributed by atoms with van der Waals surface area (Å²) >= 11 is 6.11. The van der Waals surface area contributed by atoms with E-state index in [2.05, 4.69) is 9.97 Å². The molecular weight excluding hydrogens is 612 g/mol. The molecule has 1 N–H and O–H groups in total. The lowest BCUT2D eigenvalue weighted by Gasteiger charge is -2.29. The van der Waals surface area contributed by atoms with Gasteiger partial charge in [0.15, 0.2) is 5.82 Å². The molecule has 45 heavy (non-hydrogen) atoms. The highest BCUT2D eigenvalue weighted by molar-refractivity contribution is 6.35. The van der Waals surface area contributed by atoms with Gasteiger partial charge in [0.05, 0.1) is 47.0 Å². The number of aromatic carboxylic acids is 1. The minimum absolute atomic E-state index is 0.0174. The number of imidazole rings is 1. The van der Waals surface area contributed by atoms with E-state index in [9.17, 15) is 23.5 Å². The van der Waals surface area contributed by atoms with E-state index >= 15 is 0 Å². The zero-order valence-corrected chi connectivity index (χ0v) is 24.3. The van der Waals surface area contributed by atoms with Crippen LogP contribution in [-0.4, -0.2) is 60.7 Å². The molecule has 2 aromatic carbocycles. The molecule has 11 nitrogen and oxygen atoms in total. The Kier molecular flexibility index (Phi) is 7.42. The molecule has 0 radical (unpaired) electrons. The molecule has 0 unspecified atom stereocenters. The summed E-state index contributed by atoms with van der Waals surface area (Å²) in [6.45, 7) is 1.48. The standard InChI is InChI=1S/C31H24ClF2N5O6/c32-21-3-1-18(28-20(21)11-25(34)45-28)15-44-30-22(33)12-35-29(37-30)16-5-7-38(27(40)10-16)14-26-36-23-4-2-17(31(41)42)9-24(23)39(26)13-19-6-8-43-19/h1-4,9-12,19H,5-8,13-15H2,(H,41,42)/t19-/m0/s1. The minimum atomic E-state index is -1.04. The maximum Gasteiger partial charge on any atom is 0.335 e. The average molecular weight is 636 g/mol. The highest BCUT2D eigenvalue weighted by atomic mass is 35.5. The van der Waals surface area contributed by atoms with Crippen molar-refractivity contribution in [2.45, 2.75) is 38.6 Å². The van der Waals surface area contributed by atoms with Crippen molar-refractivity contribution in [1.82, 2.24) is 24.4 Å². The molecule has 2 aliphatic rings. The van der Waals surface area contributed by atoms with Crippen LogP contribution in [-0.2, 0) is 29.2 Å². The van der Waals surface area contributed by atoms with Gasteiger partial charge in [-0.25, -0.2) is 14.8 Å². The number of halogens is 3. The molecule has 2 aliphatic heterocycles. The first kappa shape index (κ1) is 28.9. The van der Waals surface area contributed by atoms with Crippen molar-refractivity contribution in [3.63, 3.8) is 0 Å². The third-order valence-electron chi connectivity index (χ3n) is 7.89. The summed E-state index contributed by atoms with van der Waals surface area (Å²) in [5.41, 5.74) is 2.56. The lowest BCUT2D eigenvalue weighted by molar-refractivity contribution is -0.127. The van der Waals surface area contributed by atoms with Gasteiger partial charge in [-0.05, 0) is 37.1 Å². The smallest absolute Gasteiger partial charge is 0.335 e. The highest BCUT2D eigenvalue weighted by Gasteiger charge is 2.27. The summed E-state index contributed by atoms with van der Waals surface area (Å²) in [4.78, 5) is 39.5. The van der Waals surface area contributed by atoms with Crippen LogP contribution in [0.25, 0.3) is 27.6 Å². The second kappa shape index (κ2) is 11.6. The van der Waals surface area contributed by atoms with Crippen molar-refractivity contribution >= 4 is 51.1 Å². The third-order valence-corrected chi connectivity index (χ3v) is 8.22. The van der Waals surface area contributed by atoms with Gasteiger partial charge in [0.25, 0.3) is 11.9 Å². The van der Waals surface area contributed by atoms with Gasteiger partial charge in [0, 0.05) is 41.8 Å². The van der Waals surface area contributed by atoms with Gasteiger partial charge in [0.2, 0.25) is 11.7 Å². The molecule has 5 heterocycles. The van der Waals surface area contributed by atoms with Crippen LogP contribution in [0.5, 0.6) is 5.88 Å². The fourth-order valence-corrected chi connectivity index (χ4v) is 5.63. The Labute approximate surface area is 258 Å². The lowest BCUT2D eigenvalue weighted by Crippen LogP contribution is -2.36. The number of amides is 1. The zero-order valence-electron chi connectivity index (χ0n) is 23.5. The molecule has 1 fully saturated rings. The number of carbonyl (C=O) groups excluding carboxylic acids is 1. The Morgan fingerprint density at radius 3 is 2.78 bits per heavy atom. The van der Waals surface area contributed by atoms with E-state index in [1.807, 2.05) is 4.57 Å². The molecular formula is C31H24ClF2N5O6. The van der Waals surface area contributed by atoms with Crippen LogP contribution in [0.15, 0.2) is 53.1 Å². The van der Waals surface area contributed by atoms with Gasteiger partial charge in [-0.1, -0.05) is 17.7 Å². The summed E-state index contributed by atoms with van der Waals surface area (Å²) in [6.07, 6.45) is 3.61. The van der Waals surface area contributed by atoms with Crippen molar-refractivity contribution in [3.05, 3.63) is 88.3 Å². The molecule has 0 saturated carbocycles. The number of ether oxygens (including phenoxy) is 2. The second-order valence-electron chi connectivity index (χ2n) is 10.7. The molecule has 1 atom stereocenters.